The highest BCUT2D eigenvalue weighted by atomic mass is 35.5. The summed E-state index contributed by atoms with van der Waals surface area (Å²) in [5, 5.41) is 0.447. The minimum Gasteiger partial charge on any atom is -0.463 e. The summed E-state index contributed by atoms with van der Waals surface area (Å²) in [7, 11) is 0. The molecule has 48 heavy (non-hydrogen) atoms. The lowest BCUT2D eigenvalue weighted by atomic mass is 9.96. The van der Waals surface area contributed by atoms with Crippen molar-refractivity contribution in [3.05, 3.63) is 168 Å². The van der Waals surface area contributed by atoms with Crippen molar-refractivity contribution >= 4 is 35.0 Å². The van der Waals surface area contributed by atoms with Gasteiger partial charge >= 0.3 is 5.97 Å². The van der Waals surface area contributed by atoms with Crippen LogP contribution in [0.1, 0.15) is 36.6 Å². The number of ether oxygens (including phenoxy) is 1. The molecule has 0 spiro atoms. The van der Waals surface area contributed by atoms with E-state index < -0.39 is 12.0 Å². The Morgan fingerprint density at radius 1 is 0.896 bits per heavy atom. The van der Waals surface area contributed by atoms with Crippen molar-refractivity contribution in [2.45, 2.75) is 26.8 Å². The number of thiazole rings is 1. The highest BCUT2D eigenvalue weighted by Crippen LogP contribution is 2.37. The molecule has 1 aliphatic rings. The lowest BCUT2D eigenvalue weighted by molar-refractivity contribution is -0.139. The average Bonchev–Trinajstić information content (AvgIpc) is 3.62. The van der Waals surface area contributed by atoms with Crippen LogP contribution in [-0.4, -0.2) is 21.7 Å². The van der Waals surface area contributed by atoms with Crippen LogP contribution in [0.15, 0.2) is 136 Å². The van der Waals surface area contributed by atoms with E-state index in [0.29, 0.717) is 31.2 Å². The van der Waals surface area contributed by atoms with Gasteiger partial charge in [0, 0.05) is 16.3 Å². The Balaban J connectivity index is 1.52. The molecule has 0 saturated carbocycles. The van der Waals surface area contributed by atoms with Crippen LogP contribution in [-0.2, 0) is 9.53 Å². The van der Waals surface area contributed by atoms with Crippen molar-refractivity contribution in [3.8, 4) is 28.2 Å². The summed E-state index contributed by atoms with van der Waals surface area (Å²) in [6, 6.07) is 37.5. The minimum absolute atomic E-state index is 0.194. The summed E-state index contributed by atoms with van der Waals surface area (Å²) in [6.07, 6.45) is 1.94. The SMILES string of the molecule is CCOC(=O)C1=C(C)N=c2s/c(=C\c3cc(-c4ccccc4)n(-c4ccc(C)cc4)c3-c3ccccc3)c(=O)n2C1c1ccccc1Cl. The molecule has 0 amide bonds. The summed E-state index contributed by atoms with van der Waals surface area (Å²) in [6.45, 7) is 5.80. The van der Waals surface area contributed by atoms with Gasteiger partial charge in [-0.3, -0.25) is 9.36 Å². The highest BCUT2D eigenvalue weighted by Gasteiger charge is 2.34. The third-order valence-corrected chi connectivity index (χ3v) is 9.77. The van der Waals surface area contributed by atoms with Gasteiger partial charge in [0.05, 0.1) is 33.8 Å². The zero-order chi connectivity index (χ0) is 33.4. The van der Waals surface area contributed by atoms with Gasteiger partial charge in [0.1, 0.15) is 6.04 Å². The number of carbonyl (C=O) groups excluding carboxylic acids is 1. The maximum Gasteiger partial charge on any atom is 0.338 e. The molecule has 1 aliphatic heterocycles. The molecule has 6 aromatic rings. The van der Waals surface area contributed by atoms with Crippen molar-refractivity contribution in [3.63, 3.8) is 0 Å². The number of esters is 1. The van der Waals surface area contributed by atoms with Gasteiger partial charge in [0.25, 0.3) is 5.56 Å². The summed E-state index contributed by atoms with van der Waals surface area (Å²) >= 11 is 8.01. The first kappa shape index (κ1) is 31.4. The molecule has 3 heterocycles. The van der Waals surface area contributed by atoms with E-state index in [0.717, 1.165) is 33.8 Å². The Morgan fingerprint density at radius 2 is 1.54 bits per heavy atom. The van der Waals surface area contributed by atoms with E-state index in [9.17, 15) is 9.59 Å². The van der Waals surface area contributed by atoms with E-state index in [2.05, 4.69) is 66.1 Å². The molecule has 0 fully saturated rings. The molecule has 1 unspecified atom stereocenters. The molecule has 0 N–H and O–H groups in total. The Morgan fingerprint density at radius 3 is 2.21 bits per heavy atom. The van der Waals surface area contributed by atoms with Crippen molar-refractivity contribution in [2.75, 3.05) is 6.61 Å². The van der Waals surface area contributed by atoms with Crippen molar-refractivity contribution in [1.29, 1.82) is 0 Å². The third-order valence-electron chi connectivity index (χ3n) is 8.44. The molecule has 6 nitrogen and oxygen atoms in total. The molecule has 0 aliphatic carbocycles. The number of nitrogens with zero attached hydrogens (tertiary/aromatic N) is 3. The van der Waals surface area contributed by atoms with Crippen molar-refractivity contribution in [2.24, 2.45) is 4.99 Å². The number of carbonyl (C=O) groups is 1. The summed E-state index contributed by atoms with van der Waals surface area (Å²) in [5.41, 5.74) is 8.21. The lowest BCUT2D eigenvalue weighted by Crippen LogP contribution is -2.40. The molecule has 1 atom stereocenters. The van der Waals surface area contributed by atoms with Crippen LogP contribution in [0.2, 0.25) is 5.02 Å². The van der Waals surface area contributed by atoms with Crippen molar-refractivity contribution < 1.29 is 9.53 Å². The average molecular weight is 670 g/mol. The fourth-order valence-corrected chi connectivity index (χ4v) is 7.52. The summed E-state index contributed by atoms with van der Waals surface area (Å²) in [4.78, 5) is 33.1. The van der Waals surface area contributed by atoms with E-state index in [1.165, 1.54) is 16.9 Å². The first-order valence-electron chi connectivity index (χ1n) is 15.7. The van der Waals surface area contributed by atoms with Crippen LogP contribution in [0.3, 0.4) is 0 Å². The van der Waals surface area contributed by atoms with Gasteiger partial charge in [-0.1, -0.05) is 119 Å². The number of allylic oxidation sites excluding steroid dienone is 1. The molecular formula is C40H32ClN3O3S. The molecule has 4 aromatic carbocycles. The molecule has 0 radical (unpaired) electrons. The molecule has 2 aromatic heterocycles. The van der Waals surface area contributed by atoms with Gasteiger partial charge in [-0.05, 0) is 67.8 Å². The number of rotatable bonds is 7. The molecule has 0 bridgehead atoms. The Kier molecular flexibility index (Phi) is 8.56. The molecular weight excluding hydrogens is 638 g/mol. The van der Waals surface area contributed by atoms with Crippen LogP contribution < -0.4 is 14.9 Å². The monoisotopic (exact) mass is 669 g/mol. The number of hydrogen-bond acceptors (Lipinski definition) is 5. The predicted octanol–water partition coefficient (Wildman–Crippen LogP) is 7.88. The number of aryl methyl sites for hydroxylation is 1. The second kappa shape index (κ2) is 13.1. The van der Waals surface area contributed by atoms with E-state index in [4.69, 9.17) is 21.3 Å². The maximum atomic E-state index is 14.5. The van der Waals surface area contributed by atoms with Gasteiger partial charge in [-0.2, -0.15) is 0 Å². The number of benzene rings is 4. The minimum atomic E-state index is -0.790. The summed E-state index contributed by atoms with van der Waals surface area (Å²) < 4.78 is 9.77. The largest absolute Gasteiger partial charge is 0.463 e. The van der Waals surface area contributed by atoms with Gasteiger partial charge in [-0.25, -0.2) is 9.79 Å². The van der Waals surface area contributed by atoms with E-state index >= 15 is 0 Å². The molecule has 0 saturated heterocycles. The standard InChI is InChI=1S/C40H32ClN3O3S/c1-4-47-39(46)35-26(3)42-40-44(37(35)31-17-11-12-18-32(31)41)38(45)34(48-40)24-29-23-33(27-13-7-5-8-14-27)43(30-21-19-25(2)20-22-30)36(29)28-15-9-6-10-16-28/h5-24,37H,4H2,1-3H3/b34-24-. The Hall–Kier alpha value is -5.24. The molecule has 7 rings (SSSR count). The van der Waals surface area contributed by atoms with Crippen LogP contribution in [0.4, 0.5) is 0 Å². The number of aromatic nitrogens is 2. The highest BCUT2D eigenvalue weighted by molar-refractivity contribution is 7.07. The van der Waals surface area contributed by atoms with Crippen molar-refractivity contribution in [1.82, 2.24) is 9.13 Å². The fourth-order valence-electron chi connectivity index (χ4n) is 6.24. The van der Waals surface area contributed by atoms with Crippen LogP contribution >= 0.6 is 22.9 Å². The van der Waals surface area contributed by atoms with Crippen LogP contribution in [0.25, 0.3) is 34.3 Å². The van der Waals surface area contributed by atoms with E-state index in [1.54, 1.807) is 24.5 Å². The van der Waals surface area contributed by atoms with Gasteiger partial charge in [0.15, 0.2) is 4.80 Å². The normalized spacial score (nSPS) is 14.5. The lowest BCUT2D eigenvalue weighted by Gasteiger charge is -2.25. The second-order valence-electron chi connectivity index (χ2n) is 11.6. The number of fused-ring (bicyclic) bond motifs is 1. The van der Waals surface area contributed by atoms with Gasteiger partial charge < -0.3 is 9.30 Å². The van der Waals surface area contributed by atoms with Gasteiger partial charge in [-0.15, -0.1) is 0 Å². The number of hydrogen-bond donors (Lipinski definition) is 0. The maximum absolute atomic E-state index is 14.5. The topological polar surface area (TPSA) is 65.6 Å². The second-order valence-corrected chi connectivity index (χ2v) is 13.0. The zero-order valence-corrected chi connectivity index (χ0v) is 28.3. The smallest absolute Gasteiger partial charge is 0.338 e. The van der Waals surface area contributed by atoms with Crippen LogP contribution in [0.5, 0.6) is 0 Å². The predicted molar refractivity (Wildman–Crippen MR) is 193 cm³/mol. The van der Waals surface area contributed by atoms with Crippen LogP contribution in [0, 0.1) is 6.92 Å². The zero-order valence-electron chi connectivity index (χ0n) is 26.7. The van der Waals surface area contributed by atoms with Gasteiger partial charge in [0.2, 0.25) is 0 Å². The molecule has 8 heteroatoms. The summed E-state index contributed by atoms with van der Waals surface area (Å²) in [5.74, 6) is -0.521. The molecule has 238 valence electrons. The Labute approximate surface area is 287 Å². The number of halogens is 1. The first-order chi connectivity index (χ1) is 23.4. The van der Waals surface area contributed by atoms with E-state index in [1.807, 2.05) is 60.7 Å². The third kappa shape index (κ3) is 5.65. The van der Waals surface area contributed by atoms with E-state index in [-0.39, 0.29) is 12.2 Å². The Bertz CT molecular complexity index is 2370. The fraction of sp³-hybridized carbons (Fsp3) is 0.125. The first-order valence-corrected chi connectivity index (χ1v) is 16.9. The quantitative estimate of drug-likeness (QED) is 0.163.